The van der Waals surface area contributed by atoms with Gasteiger partial charge in [0.15, 0.2) is 9.84 Å². The number of amides is 1. The summed E-state index contributed by atoms with van der Waals surface area (Å²) in [5.74, 6) is 1.68. The maximum atomic E-state index is 13.3. The average molecular weight is 535 g/mol. The van der Waals surface area contributed by atoms with Crippen molar-refractivity contribution in [2.75, 3.05) is 24.8 Å². The number of pyridine rings is 1. The topological polar surface area (TPSA) is 112 Å². The maximum Gasteiger partial charge on any atom is 0.354 e. The van der Waals surface area contributed by atoms with Crippen LogP contribution in [-0.4, -0.2) is 38.8 Å². The van der Waals surface area contributed by atoms with Crippen molar-refractivity contribution in [2.24, 2.45) is 5.92 Å². The lowest BCUT2D eigenvalue weighted by Crippen LogP contribution is -2.23. The van der Waals surface area contributed by atoms with Crippen molar-refractivity contribution in [3.05, 3.63) is 59.5 Å². The van der Waals surface area contributed by atoms with E-state index < -0.39 is 23.4 Å². The van der Waals surface area contributed by atoms with Crippen LogP contribution in [0, 0.1) is 5.92 Å². The Morgan fingerprint density at radius 2 is 1.75 bits per heavy atom. The molecule has 0 radical (unpaired) electrons. The van der Waals surface area contributed by atoms with Crippen molar-refractivity contribution >= 4 is 35.2 Å². The van der Waals surface area contributed by atoms with Gasteiger partial charge in [-0.25, -0.2) is 13.4 Å². The molecule has 0 bridgehead atoms. The third-order valence-electron chi connectivity index (χ3n) is 6.18. The number of aromatic nitrogens is 1. The highest BCUT2D eigenvalue weighted by atomic mass is 32.2. The van der Waals surface area contributed by atoms with Crippen LogP contribution in [-0.2, 0) is 28.2 Å². The van der Waals surface area contributed by atoms with Crippen molar-refractivity contribution in [3.8, 4) is 0 Å². The zero-order chi connectivity index (χ0) is 26.2. The van der Waals surface area contributed by atoms with Gasteiger partial charge in [-0.1, -0.05) is 37.8 Å². The van der Waals surface area contributed by atoms with Gasteiger partial charge >= 0.3 is 7.60 Å². The molecule has 2 aromatic rings. The second-order valence-electron chi connectivity index (χ2n) is 8.94. The molecule has 1 saturated carbocycles. The summed E-state index contributed by atoms with van der Waals surface area (Å²) in [4.78, 5) is 17.9. The highest BCUT2D eigenvalue weighted by Crippen LogP contribution is 2.50. The number of hydrogen-bond acceptors (Lipinski definition) is 7. The summed E-state index contributed by atoms with van der Waals surface area (Å²) >= 11 is 0. The summed E-state index contributed by atoms with van der Waals surface area (Å²) in [5, 5.41) is 2.90. The molecule has 10 heteroatoms. The summed E-state index contributed by atoms with van der Waals surface area (Å²) in [6.45, 7) is 4.03. The number of nitrogens with one attached hydrogen (secondary N) is 1. The molecule has 0 unspecified atom stereocenters. The van der Waals surface area contributed by atoms with Crippen LogP contribution in [0.25, 0.3) is 6.08 Å². The summed E-state index contributed by atoms with van der Waals surface area (Å²) < 4.78 is 46.8. The van der Waals surface area contributed by atoms with E-state index in [0.717, 1.165) is 18.4 Å². The van der Waals surface area contributed by atoms with E-state index in [1.165, 1.54) is 24.9 Å². The van der Waals surface area contributed by atoms with Gasteiger partial charge in [0.25, 0.3) is 0 Å². The zero-order valence-corrected chi connectivity index (χ0v) is 22.8. The Labute approximate surface area is 214 Å². The molecule has 1 amide bonds. The highest BCUT2D eigenvalue weighted by Gasteiger charge is 2.27. The molecule has 1 heterocycles. The smallest absolute Gasteiger partial charge is 0.310 e. The SMILES string of the molecule is CCOP(=O)(C=Cc1ccc(NC(=O)[C@H](CC2CCCC2)c2ccc(S(C)(=O)=O)cc2)nc1)OCC. The van der Waals surface area contributed by atoms with E-state index in [-0.39, 0.29) is 24.0 Å². The molecule has 1 aliphatic rings. The second-order valence-corrected chi connectivity index (χ2v) is 12.8. The van der Waals surface area contributed by atoms with Crippen LogP contribution in [0.5, 0.6) is 0 Å². The molecule has 1 atom stereocenters. The molecule has 0 spiro atoms. The molecule has 8 nitrogen and oxygen atoms in total. The maximum absolute atomic E-state index is 13.3. The van der Waals surface area contributed by atoms with E-state index in [2.05, 4.69) is 10.3 Å². The number of nitrogens with zero attached hydrogens (tertiary/aromatic N) is 1. The predicted molar refractivity (Wildman–Crippen MR) is 142 cm³/mol. The van der Waals surface area contributed by atoms with Gasteiger partial charge in [0.1, 0.15) is 5.82 Å². The number of carbonyl (C=O) groups excluding carboxylic acids is 1. The number of hydrogen-bond donors (Lipinski definition) is 1. The molecule has 0 saturated heterocycles. The van der Waals surface area contributed by atoms with Gasteiger partial charge in [0.2, 0.25) is 5.91 Å². The molecule has 1 aliphatic carbocycles. The predicted octanol–water partition coefficient (Wildman–Crippen LogP) is 6.02. The van der Waals surface area contributed by atoms with Gasteiger partial charge in [-0.15, -0.1) is 0 Å². The molecule has 1 aromatic carbocycles. The van der Waals surface area contributed by atoms with E-state index in [4.69, 9.17) is 9.05 Å². The van der Waals surface area contributed by atoms with Gasteiger partial charge < -0.3 is 14.4 Å². The van der Waals surface area contributed by atoms with Crippen LogP contribution in [0.15, 0.2) is 53.3 Å². The minimum atomic E-state index is -3.31. The van der Waals surface area contributed by atoms with Crippen LogP contribution in [0.4, 0.5) is 5.82 Å². The highest BCUT2D eigenvalue weighted by molar-refractivity contribution is 7.90. The number of carbonyl (C=O) groups is 1. The third-order valence-corrected chi connectivity index (χ3v) is 9.06. The van der Waals surface area contributed by atoms with E-state index in [9.17, 15) is 17.8 Å². The largest absolute Gasteiger partial charge is 0.354 e. The third kappa shape index (κ3) is 8.10. The quantitative estimate of drug-likeness (QED) is 0.331. The average Bonchev–Trinajstić information content (AvgIpc) is 3.35. The first-order chi connectivity index (χ1) is 17.1. The van der Waals surface area contributed by atoms with Crippen molar-refractivity contribution in [1.82, 2.24) is 4.98 Å². The number of anilines is 1. The Hall–Kier alpha value is -2.32. The lowest BCUT2D eigenvalue weighted by atomic mass is 9.87. The van der Waals surface area contributed by atoms with Crippen LogP contribution in [0.1, 0.15) is 63.0 Å². The molecular weight excluding hydrogens is 499 g/mol. The first-order valence-corrected chi connectivity index (χ1v) is 15.8. The monoisotopic (exact) mass is 534 g/mol. The molecule has 1 aromatic heterocycles. The van der Waals surface area contributed by atoms with E-state index in [1.54, 1.807) is 62.5 Å². The molecule has 1 fully saturated rings. The summed E-state index contributed by atoms with van der Waals surface area (Å²) in [6.07, 6.45) is 9.59. The van der Waals surface area contributed by atoms with Crippen molar-refractivity contribution < 1.29 is 26.8 Å². The van der Waals surface area contributed by atoms with Gasteiger partial charge in [0.05, 0.1) is 24.0 Å². The minimum Gasteiger partial charge on any atom is -0.310 e. The summed E-state index contributed by atoms with van der Waals surface area (Å²) in [5.41, 5.74) is 1.47. The molecule has 0 aliphatic heterocycles. The van der Waals surface area contributed by atoms with E-state index in [0.29, 0.717) is 23.7 Å². The van der Waals surface area contributed by atoms with Crippen LogP contribution >= 0.6 is 7.60 Å². The Morgan fingerprint density at radius 1 is 1.11 bits per heavy atom. The second kappa shape index (κ2) is 12.8. The lowest BCUT2D eigenvalue weighted by molar-refractivity contribution is -0.118. The summed E-state index contributed by atoms with van der Waals surface area (Å²) in [6, 6.07) is 10.0. The molecular formula is C26H35N2O6PS. The van der Waals surface area contributed by atoms with E-state index in [1.807, 2.05) is 0 Å². The molecule has 36 heavy (non-hydrogen) atoms. The normalized spacial score (nSPS) is 15.9. The molecule has 196 valence electrons. The van der Waals surface area contributed by atoms with Crippen LogP contribution in [0.2, 0.25) is 0 Å². The first-order valence-electron chi connectivity index (χ1n) is 12.3. The van der Waals surface area contributed by atoms with Gasteiger partial charge in [-0.05, 0) is 67.7 Å². The van der Waals surface area contributed by atoms with Crippen molar-refractivity contribution in [3.63, 3.8) is 0 Å². The number of rotatable bonds is 12. The Morgan fingerprint density at radius 3 is 2.28 bits per heavy atom. The molecule has 3 rings (SSSR count). The first kappa shape index (κ1) is 28.3. The van der Waals surface area contributed by atoms with Gasteiger partial charge in [-0.2, -0.15) is 0 Å². The zero-order valence-electron chi connectivity index (χ0n) is 21.1. The fourth-order valence-electron chi connectivity index (χ4n) is 4.37. The lowest BCUT2D eigenvalue weighted by Gasteiger charge is -2.21. The molecule has 1 N–H and O–H groups in total. The Kier molecular flexibility index (Phi) is 10.0. The summed E-state index contributed by atoms with van der Waals surface area (Å²) in [7, 11) is -6.62. The van der Waals surface area contributed by atoms with Gasteiger partial charge in [0, 0.05) is 18.3 Å². The standard InChI is InChI=1S/C26H35N2O6PS/c1-4-33-35(30,34-5-2)17-16-21-10-15-25(27-19-21)28-26(29)24(18-20-8-6-7-9-20)22-11-13-23(14-12-22)36(3,31)32/h10-17,19-20,24H,4-9,18H2,1-3H3,(H,27,28,29)/t24-/m1/s1. The Bertz CT molecular complexity index is 1180. The van der Waals surface area contributed by atoms with E-state index >= 15 is 0 Å². The number of benzene rings is 1. The van der Waals surface area contributed by atoms with Gasteiger partial charge in [-0.3, -0.25) is 9.36 Å². The van der Waals surface area contributed by atoms with Crippen LogP contribution < -0.4 is 5.32 Å². The van der Waals surface area contributed by atoms with Crippen LogP contribution in [0.3, 0.4) is 0 Å². The van der Waals surface area contributed by atoms with Crippen molar-refractivity contribution in [2.45, 2.75) is 56.8 Å². The number of sulfone groups is 1. The Balaban J connectivity index is 1.74. The fourth-order valence-corrected chi connectivity index (χ4v) is 6.32. The fraction of sp³-hybridized carbons (Fsp3) is 0.462. The van der Waals surface area contributed by atoms with Crippen molar-refractivity contribution in [1.29, 1.82) is 0 Å². The minimum absolute atomic E-state index is 0.179.